The number of ether oxygens (including phenoxy) is 1. The van der Waals surface area contributed by atoms with Crippen molar-refractivity contribution in [3.05, 3.63) is 0 Å². The van der Waals surface area contributed by atoms with Gasteiger partial charge in [0.25, 0.3) is 0 Å². The molecule has 1 atom stereocenters. The van der Waals surface area contributed by atoms with E-state index < -0.39 is 0 Å². The Hall–Kier alpha value is -0.0800. The molecule has 0 rings (SSSR count). The van der Waals surface area contributed by atoms with Crippen LogP contribution < -0.4 is 5.73 Å². The zero-order valence-electron chi connectivity index (χ0n) is 8.39. The maximum Gasteiger partial charge on any atom is 0.0480 e. The highest BCUT2D eigenvalue weighted by Gasteiger charge is 1.90. The average molecular weight is 161 g/mol. The van der Waals surface area contributed by atoms with Gasteiger partial charge in [-0.3, -0.25) is 0 Å². The van der Waals surface area contributed by atoms with Crippen LogP contribution >= 0.6 is 0 Å². The Morgan fingerprint density at radius 2 is 1.73 bits per heavy atom. The second-order valence-electron chi connectivity index (χ2n) is 2.67. The molecule has 0 aliphatic rings. The minimum atomic E-state index is 0.279. The first-order valence-electron chi connectivity index (χ1n) is 4.52. The molecule has 0 radical (unpaired) electrons. The van der Waals surface area contributed by atoms with Crippen LogP contribution in [0, 0.1) is 0 Å². The SMILES string of the molecule is CCC.CCOCCC(C)N. The summed E-state index contributed by atoms with van der Waals surface area (Å²) in [6.07, 6.45) is 2.22. The first-order valence-corrected chi connectivity index (χ1v) is 4.52. The molecule has 11 heavy (non-hydrogen) atoms. The molecule has 0 heterocycles. The number of nitrogens with two attached hydrogens (primary N) is 1. The molecule has 0 amide bonds. The normalized spacial score (nSPS) is 11.7. The molecular formula is C9H23NO. The van der Waals surface area contributed by atoms with E-state index in [2.05, 4.69) is 13.8 Å². The van der Waals surface area contributed by atoms with E-state index in [4.69, 9.17) is 10.5 Å². The fourth-order valence-corrected chi connectivity index (χ4v) is 0.414. The molecule has 2 nitrogen and oxygen atoms in total. The zero-order chi connectivity index (χ0) is 9.11. The smallest absolute Gasteiger partial charge is 0.0480 e. The van der Waals surface area contributed by atoms with Gasteiger partial charge in [-0.2, -0.15) is 0 Å². The van der Waals surface area contributed by atoms with Crippen LogP contribution in [0.1, 0.15) is 40.5 Å². The molecule has 0 aromatic heterocycles. The summed E-state index contributed by atoms with van der Waals surface area (Å²) in [5.74, 6) is 0. The van der Waals surface area contributed by atoms with Crippen LogP contribution in [-0.2, 0) is 4.74 Å². The third-order valence-electron chi connectivity index (χ3n) is 0.922. The third-order valence-corrected chi connectivity index (χ3v) is 0.922. The van der Waals surface area contributed by atoms with Crippen molar-refractivity contribution < 1.29 is 4.74 Å². The van der Waals surface area contributed by atoms with Gasteiger partial charge in [0, 0.05) is 19.3 Å². The van der Waals surface area contributed by atoms with E-state index in [9.17, 15) is 0 Å². The predicted molar refractivity (Wildman–Crippen MR) is 50.7 cm³/mol. The van der Waals surface area contributed by atoms with Gasteiger partial charge >= 0.3 is 0 Å². The number of rotatable bonds is 4. The minimum absolute atomic E-state index is 0.279. The minimum Gasteiger partial charge on any atom is -0.382 e. The van der Waals surface area contributed by atoms with Crippen LogP contribution in [0.3, 0.4) is 0 Å². The van der Waals surface area contributed by atoms with Crippen molar-refractivity contribution in [2.24, 2.45) is 5.73 Å². The summed E-state index contributed by atoms with van der Waals surface area (Å²) in [5, 5.41) is 0. The Bertz CT molecular complexity index is 55.5. The molecule has 0 saturated heterocycles. The molecule has 0 aromatic carbocycles. The second kappa shape index (κ2) is 12.6. The highest BCUT2D eigenvalue weighted by Crippen LogP contribution is 1.85. The van der Waals surface area contributed by atoms with Crippen LogP contribution in [0.25, 0.3) is 0 Å². The summed E-state index contributed by atoms with van der Waals surface area (Å²) in [6, 6.07) is 0.279. The molecule has 1 unspecified atom stereocenters. The van der Waals surface area contributed by atoms with Gasteiger partial charge in [0.15, 0.2) is 0 Å². The fourth-order valence-electron chi connectivity index (χ4n) is 0.414. The number of hydrogen-bond acceptors (Lipinski definition) is 2. The summed E-state index contributed by atoms with van der Waals surface area (Å²) in [7, 11) is 0. The monoisotopic (exact) mass is 161 g/mol. The van der Waals surface area contributed by atoms with Crippen molar-refractivity contribution in [2.45, 2.75) is 46.6 Å². The maximum absolute atomic E-state index is 5.45. The van der Waals surface area contributed by atoms with Gasteiger partial charge in [0.1, 0.15) is 0 Å². The van der Waals surface area contributed by atoms with Crippen LogP contribution in [0.15, 0.2) is 0 Å². The van der Waals surface area contributed by atoms with Crippen molar-refractivity contribution in [3.63, 3.8) is 0 Å². The summed E-state index contributed by atoms with van der Waals surface area (Å²) in [6.45, 7) is 9.82. The Morgan fingerprint density at radius 3 is 2.00 bits per heavy atom. The lowest BCUT2D eigenvalue weighted by Crippen LogP contribution is -2.17. The van der Waals surface area contributed by atoms with E-state index in [1.54, 1.807) is 0 Å². The predicted octanol–water partition coefficient (Wildman–Crippen LogP) is 2.18. The lowest BCUT2D eigenvalue weighted by Gasteiger charge is -2.02. The highest BCUT2D eigenvalue weighted by molar-refractivity contribution is 4.49. The Kier molecular flexibility index (Phi) is 15.4. The summed E-state index contributed by atoms with van der Waals surface area (Å²) >= 11 is 0. The fraction of sp³-hybridized carbons (Fsp3) is 1.00. The summed E-state index contributed by atoms with van der Waals surface area (Å²) < 4.78 is 5.06. The molecule has 2 heteroatoms. The van der Waals surface area contributed by atoms with E-state index in [0.29, 0.717) is 0 Å². The van der Waals surface area contributed by atoms with E-state index in [1.165, 1.54) is 6.42 Å². The van der Waals surface area contributed by atoms with Crippen LogP contribution in [0.4, 0.5) is 0 Å². The van der Waals surface area contributed by atoms with Crippen molar-refractivity contribution in [1.29, 1.82) is 0 Å². The molecule has 2 N–H and O–H groups in total. The largest absolute Gasteiger partial charge is 0.382 e. The Balaban J connectivity index is 0. The van der Waals surface area contributed by atoms with Gasteiger partial charge in [0.05, 0.1) is 0 Å². The van der Waals surface area contributed by atoms with Crippen LogP contribution in [0.5, 0.6) is 0 Å². The van der Waals surface area contributed by atoms with Crippen molar-refractivity contribution in [1.82, 2.24) is 0 Å². The lowest BCUT2D eigenvalue weighted by atomic mass is 10.3. The van der Waals surface area contributed by atoms with Gasteiger partial charge in [0.2, 0.25) is 0 Å². The quantitative estimate of drug-likeness (QED) is 0.641. The van der Waals surface area contributed by atoms with Gasteiger partial charge in [-0.25, -0.2) is 0 Å². The van der Waals surface area contributed by atoms with Gasteiger partial charge < -0.3 is 10.5 Å². The molecule has 0 aliphatic carbocycles. The third kappa shape index (κ3) is 25.7. The first kappa shape index (κ1) is 13.5. The first-order chi connectivity index (χ1) is 5.18. The van der Waals surface area contributed by atoms with E-state index in [-0.39, 0.29) is 6.04 Å². The van der Waals surface area contributed by atoms with Crippen molar-refractivity contribution in [2.75, 3.05) is 13.2 Å². The van der Waals surface area contributed by atoms with Gasteiger partial charge in [-0.15, -0.1) is 0 Å². The van der Waals surface area contributed by atoms with E-state index in [0.717, 1.165) is 19.6 Å². The second-order valence-corrected chi connectivity index (χ2v) is 2.67. The maximum atomic E-state index is 5.45. The van der Waals surface area contributed by atoms with E-state index in [1.807, 2.05) is 13.8 Å². The summed E-state index contributed by atoms with van der Waals surface area (Å²) in [4.78, 5) is 0. The zero-order valence-corrected chi connectivity index (χ0v) is 8.39. The average Bonchev–Trinajstić information content (AvgIpc) is 1.89. The molecular weight excluding hydrogens is 138 g/mol. The van der Waals surface area contributed by atoms with Gasteiger partial charge in [-0.05, 0) is 20.3 Å². The van der Waals surface area contributed by atoms with E-state index >= 15 is 0 Å². The van der Waals surface area contributed by atoms with Gasteiger partial charge in [-0.1, -0.05) is 20.3 Å². The topological polar surface area (TPSA) is 35.2 Å². The van der Waals surface area contributed by atoms with Crippen molar-refractivity contribution in [3.8, 4) is 0 Å². The molecule has 0 aromatic rings. The van der Waals surface area contributed by atoms with Crippen LogP contribution in [0.2, 0.25) is 0 Å². The lowest BCUT2D eigenvalue weighted by molar-refractivity contribution is 0.141. The molecule has 0 aliphatic heterocycles. The summed E-state index contributed by atoms with van der Waals surface area (Å²) in [5.41, 5.74) is 5.45. The van der Waals surface area contributed by atoms with Crippen molar-refractivity contribution >= 4 is 0 Å². The molecule has 70 valence electrons. The Morgan fingerprint density at radius 1 is 1.27 bits per heavy atom. The molecule has 0 bridgehead atoms. The molecule has 0 fully saturated rings. The standard InChI is InChI=1S/C6H15NO.C3H8/c1-3-8-5-4-6(2)7;1-3-2/h6H,3-5,7H2,1-2H3;3H2,1-2H3. The molecule has 0 saturated carbocycles. The molecule has 0 spiro atoms. The van der Waals surface area contributed by atoms with Crippen LogP contribution in [-0.4, -0.2) is 19.3 Å². The highest BCUT2D eigenvalue weighted by atomic mass is 16.5. The number of hydrogen-bond donors (Lipinski definition) is 1. The Labute approximate surface area is 71.1 Å².